The van der Waals surface area contributed by atoms with Crippen molar-refractivity contribution in [2.45, 2.75) is 18.5 Å². The molecule has 26 heavy (non-hydrogen) atoms. The summed E-state index contributed by atoms with van der Waals surface area (Å²) in [6.07, 6.45) is -16.1. The van der Waals surface area contributed by atoms with Gasteiger partial charge in [-0.05, 0) is 12.1 Å². The van der Waals surface area contributed by atoms with E-state index in [0.29, 0.717) is 0 Å². The smallest absolute Gasteiger partial charge is 0.267 e. The Morgan fingerprint density at radius 3 is 1.85 bits per heavy atom. The fourth-order valence-corrected chi connectivity index (χ4v) is 2.12. The third-order valence-electron chi connectivity index (χ3n) is 3.05. The highest BCUT2D eigenvalue weighted by molar-refractivity contribution is 6.30. The first-order chi connectivity index (χ1) is 11.6. The van der Waals surface area contributed by atoms with E-state index < -0.39 is 51.6 Å². The molecule has 0 unspecified atom stereocenters. The molecular weight excluding hydrogens is 407 g/mol. The Morgan fingerprint density at radius 1 is 0.846 bits per heavy atom. The molecule has 2 heterocycles. The zero-order valence-corrected chi connectivity index (χ0v) is 12.6. The number of alkyl halides is 9. The molecule has 0 saturated heterocycles. The Kier molecular flexibility index (Phi) is 4.77. The van der Waals surface area contributed by atoms with E-state index in [1.165, 1.54) is 0 Å². The second kappa shape index (κ2) is 6.18. The molecule has 13 heteroatoms. The lowest BCUT2D eigenvalue weighted by molar-refractivity contribution is -0.162. The van der Waals surface area contributed by atoms with Gasteiger partial charge in [0, 0.05) is 12.4 Å². The lowest BCUT2D eigenvalue weighted by Crippen LogP contribution is -2.24. The summed E-state index contributed by atoms with van der Waals surface area (Å²) in [6, 6.07) is 0.0514. The topological polar surface area (TPSA) is 34.9 Å². The van der Waals surface area contributed by atoms with Gasteiger partial charge in [-0.3, -0.25) is 9.36 Å². The molecule has 0 aromatic carbocycles. The van der Waals surface area contributed by atoms with Crippen molar-refractivity contribution in [3.63, 3.8) is 0 Å². The first-order valence-corrected chi connectivity index (χ1v) is 6.64. The monoisotopic (exact) mass is 410 g/mol. The minimum absolute atomic E-state index is 0.0133. The molecule has 2 aromatic rings. The van der Waals surface area contributed by atoms with E-state index in [2.05, 4.69) is 4.98 Å². The maximum Gasteiger partial charge on any atom is 0.418 e. The number of hydrogen-bond donors (Lipinski definition) is 0. The van der Waals surface area contributed by atoms with E-state index in [1.807, 2.05) is 0 Å². The van der Waals surface area contributed by atoms with Gasteiger partial charge in [0.05, 0.1) is 16.7 Å². The van der Waals surface area contributed by atoms with Crippen molar-refractivity contribution >= 4 is 11.6 Å². The first-order valence-electron chi connectivity index (χ1n) is 6.26. The number of rotatable bonds is 1. The number of pyridine rings is 2. The van der Waals surface area contributed by atoms with E-state index in [-0.39, 0.29) is 29.1 Å². The van der Waals surface area contributed by atoms with Crippen LogP contribution in [0.3, 0.4) is 0 Å². The summed E-state index contributed by atoms with van der Waals surface area (Å²) in [5.41, 5.74) is -7.26. The van der Waals surface area contributed by atoms with Crippen LogP contribution in [0, 0.1) is 0 Å². The lowest BCUT2D eigenvalue weighted by Gasteiger charge is -2.17. The predicted octanol–water partition coefficient (Wildman–Crippen LogP) is 4.94. The molecule has 142 valence electrons. The molecule has 0 N–H and O–H groups in total. The highest BCUT2D eigenvalue weighted by atomic mass is 35.5. The Labute approximate surface area is 142 Å². The summed E-state index contributed by atoms with van der Waals surface area (Å²) in [6.45, 7) is 0. The number of hydrogen-bond acceptors (Lipinski definition) is 2. The van der Waals surface area contributed by atoms with Crippen LogP contribution >= 0.6 is 11.6 Å². The van der Waals surface area contributed by atoms with Crippen LogP contribution in [0.2, 0.25) is 5.02 Å². The zero-order valence-electron chi connectivity index (χ0n) is 11.9. The van der Waals surface area contributed by atoms with Gasteiger partial charge in [-0.1, -0.05) is 11.6 Å². The fraction of sp³-hybridized carbons (Fsp3) is 0.231. The van der Waals surface area contributed by atoms with Crippen LogP contribution in [-0.2, 0) is 18.5 Å². The molecule has 3 nitrogen and oxygen atoms in total. The second-order valence-electron chi connectivity index (χ2n) is 4.83. The Morgan fingerprint density at radius 2 is 1.38 bits per heavy atom. The third-order valence-corrected chi connectivity index (χ3v) is 3.32. The van der Waals surface area contributed by atoms with Crippen LogP contribution < -0.4 is 5.56 Å². The summed E-state index contributed by atoms with van der Waals surface area (Å²) in [4.78, 5) is 14.8. The van der Waals surface area contributed by atoms with E-state index >= 15 is 0 Å². The van der Waals surface area contributed by atoms with Gasteiger partial charge in [0.1, 0.15) is 10.8 Å². The van der Waals surface area contributed by atoms with E-state index in [1.54, 1.807) is 0 Å². The van der Waals surface area contributed by atoms with Crippen molar-refractivity contribution in [2.24, 2.45) is 0 Å². The van der Waals surface area contributed by atoms with Crippen molar-refractivity contribution < 1.29 is 39.5 Å². The van der Waals surface area contributed by atoms with Gasteiger partial charge in [0.2, 0.25) is 0 Å². The number of nitrogens with zero attached hydrogens (tertiary/aromatic N) is 2. The predicted molar refractivity (Wildman–Crippen MR) is 69.8 cm³/mol. The zero-order chi connectivity index (χ0) is 20.1. The lowest BCUT2D eigenvalue weighted by atomic mass is 10.1. The molecule has 0 fully saturated rings. The van der Waals surface area contributed by atoms with Gasteiger partial charge >= 0.3 is 18.5 Å². The Hall–Kier alpha value is -2.24. The molecule has 0 bridgehead atoms. The van der Waals surface area contributed by atoms with Crippen LogP contribution in [0.1, 0.15) is 16.7 Å². The quantitative estimate of drug-likeness (QED) is 0.624. The van der Waals surface area contributed by atoms with Crippen molar-refractivity contribution in [3.05, 3.63) is 56.6 Å². The van der Waals surface area contributed by atoms with Gasteiger partial charge in [0.15, 0.2) is 0 Å². The highest BCUT2D eigenvalue weighted by Crippen LogP contribution is 2.40. The van der Waals surface area contributed by atoms with Gasteiger partial charge in [0.25, 0.3) is 5.56 Å². The number of aromatic nitrogens is 2. The minimum Gasteiger partial charge on any atom is -0.267 e. The molecule has 2 aromatic heterocycles. The third kappa shape index (κ3) is 3.94. The molecule has 0 saturated carbocycles. The van der Waals surface area contributed by atoms with Gasteiger partial charge in [-0.25, -0.2) is 4.98 Å². The Bertz CT molecular complexity index is 896. The number of halogens is 10. The van der Waals surface area contributed by atoms with Crippen LogP contribution in [0.15, 0.2) is 29.3 Å². The average Bonchev–Trinajstić information content (AvgIpc) is 2.46. The molecule has 0 atom stereocenters. The van der Waals surface area contributed by atoms with Crippen LogP contribution in [0.5, 0.6) is 0 Å². The maximum atomic E-state index is 12.9. The summed E-state index contributed by atoms with van der Waals surface area (Å²) >= 11 is 5.35. The minimum atomic E-state index is -5.50. The molecule has 0 spiro atoms. The largest absolute Gasteiger partial charge is 0.418 e. The van der Waals surface area contributed by atoms with Crippen molar-refractivity contribution in [1.29, 1.82) is 0 Å². The van der Waals surface area contributed by atoms with Gasteiger partial charge in [-0.2, -0.15) is 39.5 Å². The molecule has 0 aliphatic rings. The summed E-state index contributed by atoms with van der Waals surface area (Å²) in [5.74, 6) is -1.11. The second-order valence-corrected chi connectivity index (χ2v) is 5.24. The van der Waals surface area contributed by atoms with Crippen LogP contribution in [0.25, 0.3) is 5.82 Å². The summed E-state index contributed by atoms with van der Waals surface area (Å²) < 4.78 is 115. The average molecular weight is 411 g/mol. The van der Waals surface area contributed by atoms with Crippen LogP contribution in [0.4, 0.5) is 39.5 Å². The highest BCUT2D eigenvalue weighted by Gasteiger charge is 2.44. The van der Waals surface area contributed by atoms with Crippen molar-refractivity contribution in [1.82, 2.24) is 9.55 Å². The Balaban J connectivity index is 2.79. The standard InChI is InChI=1S/C13H4ClF9N2O/c14-8-1-5(11(15,16)17)4-25(10(8)26)9-2-6(12(18,19)20)7(3-24-9)13(21,22)23/h1-4H. The van der Waals surface area contributed by atoms with Gasteiger partial charge < -0.3 is 0 Å². The van der Waals surface area contributed by atoms with E-state index in [4.69, 9.17) is 11.6 Å². The first kappa shape index (κ1) is 20.1. The molecule has 0 amide bonds. The molecule has 0 aliphatic carbocycles. The van der Waals surface area contributed by atoms with E-state index in [0.717, 1.165) is 0 Å². The molecular formula is C13H4ClF9N2O. The maximum absolute atomic E-state index is 12.9. The molecule has 0 aliphatic heterocycles. The van der Waals surface area contributed by atoms with Gasteiger partial charge in [-0.15, -0.1) is 0 Å². The molecule has 2 rings (SSSR count). The van der Waals surface area contributed by atoms with Crippen molar-refractivity contribution in [2.75, 3.05) is 0 Å². The van der Waals surface area contributed by atoms with E-state index in [9.17, 15) is 44.3 Å². The summed E-state index contributed by atoms with van der Waals surface area (Å²) in [5, 5.41) is -1.00. The van der Waals surface area contributed by atoms with Crippen molar-refractivity contribution in [3.8, 4) is 5.82 Å². The molecule has 0 radical (unpaired) electrons. The summed E-state index contributed by atoms with van der Waals surface area (Å²) in [7, 11) is 0. The SMILES string of the molecule is O=c1c(Cl)cc(C(F)(F)F)cn1-c1cc(C(F)(F)F)c(C(F)(F)F)cn1. The fourth-order valence-electron chi connectivity index (χ4n) is 1.91. The van der Waals surface area contributed by atoms with Crippen LogP contribution in [-0.4, -0.2) is 9.55 Å². The normalized spacial score (nSPS) is 13.2.